The highest BCUT2D eigenvalue weighted by Gasteiger charge is 2.15. The first-order chi connectivity index (χ1) is 10.8. The molecular weight excluding hydrogens is 292 g/mol. The van der Waals surface area contributed by atoms with Gasteiger partial charge in [-0.3, -0.25) is 4.79 Å². The molecule has 0 radical (unpaired) electrons. The lowest BCUT2D eigenvalue weighted by atomic mass is 10.1. The fraction of sp³-hybridized carbons (Fsp3) is 0.444. The van der Waals surface area contributed by atoms with Gasteiger partial charge in [-0.15, -0.1) is 0 Å². The highest BCUT2D eigenvalue weighted by molar-refractivity contribution is 5.89. The normalized spacial score (nSPS) is 11.5. The number of hydrogen-bond acceptors (Lipinski definition) is 3. The zero-order valence-electron chi connectivity index (χ0n) is 14.2. The van der Waals surface area contributed by atoms with E-state index in [4.69, 9.17) is 4.74 Å². The molecular formula is C18H24N2O3. The summed E-state index contributed by atoms with van der Waals surface area (Å²) in [6, 6.07) is 5.70. The molecule has 0 aliphatic carbocycles. The number of rotatable bonds is 5. The molecule has 0 saturated heterocycles. The second kappa shape index (κ2) is 6.86. The predicted octanol–water partition coefficient (Wildman–Crippen LogP) is 3.68. The molecule has 0 aliphatic rings. The number of amides is 1. The molecule has 0 unspecified atom stereocenters. The minimum Gasteiger partial charge on any atom is -0.444 e. The van der Waals surface area contributed by atoms with Gasteiger partial charge in [0.05, 0.1) is 0 Å². The lowest BCUT2D eigenvalue weighted by Gasteiger charge is -2.19. The topological polar surface area (TPSA) is 60.3 Å². The highest BCUT2D eigenvalue weighted by Crippen LogP contribution is 2.22. The number of aromatic nitrogens is 1. The van der Waals surface area contributed by atoms with E-state index in [9.17, 15) is 9.59 Å². The van der Waals surface area contributed by atoms with Crippen molar-refractivity contribution in [2.24, 2.45) is 0 Å². The third-order valence-corrected chi connectivity index (χ3v) is 3.48. The van der Waals surface area contributed by atoms with E-state index in [1.54, 1.807) is 0 Å². The van der Waals surface area contributed by atoms with Crippen LogP contribution in [0.15, 0.2) is 24.4 Å². The van der Waals surface area contributed by atoms with E-state index in [0.717, 1.165) is 35.7 Å². The van der Waals surface area contributed by atoms with Crippen molar-refractivity contribution in [3.05, 3.63) is 35.5 Å². The number of nitrogens with zero attached hydrogens (tertiary/aromatic N) is 1. The molecule has 0 aliphatic heterocycles. The Bertz CT molecular complexity index is 711. The number of hydrogen-bond donors (Lipinski definition) is 1. The summed E-state index contributed by atoms with van der Waals surface area (Å²) < 4.78 is 7.35. The van der Waals surface area contributed by atoms with Gasteiger partial charge in [0.15, 0.2) is 0 Å². The zero-order valence-corrected chi connectivity index (χ0v) is 14.2. The van der Waals surface area contributed by atoms with E-state index in [1.807, 2.05) is 45.9 Å². The number of aldehydes is 1. The molecule has 1 heterocycles. The second-order valence-corrected chi connectivity index (χ2v) is 6.68. The Hall–Kier alpha value is -2.30. The number of ether oxygens (including phenoxy) is 1. The lowest BCUT2D eigenvalue weighted by molar-refractivity contribution is 0.0526. The molecule has 2 aromatic rings. The number of nitrogens with one attached hydrogen (secondary N) is 1. The SMILES string of the molecule is Cc1cn(CCCNC(=O)OC(C)(C)C)c2ccc(C=O)cc12. The summed E-state index contributed by atoms with van der Waals surface area (Å²) in [5.74, 6) is 0. The summed E-state index contributed by atoms with van der Waals surface area (Å²) in [6.45, 7) is 8.91. The van der Waals surface area contributed by atoms with Gasteiger partial charge in [-0.2, -0.15) is 0 Å². The molecule has 0 fully saturated rings. The molecule has 0 bridgehead atoms. The number of carbonyl (C=O) groups excluding carboxylic acids is 2. The Balaban J connectivity index is 1.93. The summed E-state index contributed by atoms with van der Waals surface area (Å²) in [5, 5.41) is 3.85. The minimum atomic E-state index is -0.478. The molecule has 5 heteroatoms. The molecule has 5 nitrogen and oxygen atoms in total. The summed E-state index contributed by atoms with van der Waals surface area (Å²) >= 11 is 0. The van der Waals surface area contributed by atoms with Crippen molar-refractivity contribution < 1.29 is 14.3 Å². The largest absolute Gasteiger partial charge is 0.444 e. The van der Waals surface area contributed by atoms with Gasteiger partial charge >= 0.3 is 6.09 Å². The van der Waals surface area contributed by atoms with E-state index in [2.05, 4.69) is 16.1 Å². The van der Waals surface area contributed by atoms with Crippen LogP contribution < -0.4 is 5.32 Å². The monoisotopic (exact) mass is 316 g/mol. The fourth-order valence-corrected chi connectivity index (χ4v) is 2.51. The van der Waals surface area contributed by atoms with E-state index in [1.165, 1.54) is 0 Å². The Morgan fingerprint density at radius 3 is 2.74 bits per heavy atom. The third kappa shape index (κ3) is 4.58. The van der Waals surface area contributed by atoms with Crippen molar-refractivity contribution in [1.29, 1.82) is 0 Å². The molecule has 23 heavy (non-hydrogen) atoms. The first-order valence-corrected chi connectivity index (χ1v) is 7.82. The summed E-state index contributed by atoms with van der Waals surface area (Å²) in [7, 11) is 0. The maximum Gasteiger partial charge on any atom is 0.407 e. The van der Waals surface area contributed by atoms with Gasteiger partial charge in [0.25, 0.3) is 0 Å². The minimum absolute atomic E-state index is 0.387. The maximum atomic E-state index is 11.6. The third-order valence-electron chi connectivity index (χ3n) is 3.48. The van der Waals surface area contributed by atoms with E-state index in [-0.39, 0.29) is 6.09 Å². The van der Waals surface area contributed by atoms with Crippen LogP contribution in [0.5, 0.6) is 0 Å². The van der Waals surface area contributed by atoms with Gasteiger partial charge in [0.1, 0.15) is 11.9 Å². The van der Waals surface area contributed by atoms with Crippen molar-refractivity contribution in [2.75, 3.05) is 6.54 Å². The van der Waals surface area contributed by atoms with Crippen LogP contribution in [0.1, 0.15) is 43.1 Å². The van der Waals surface area contributed by atoms with Crippen LogP contribution >= 0.6 is 0 Å². The number of carbonyl (C=O) groups is 2. The summed E-state index contributed by atoms with van der Waals surface area (Å²) in [6.07, 6.45) is 3.35. The van der Waals surface area contributed by atoms with E-state index < -0.39 is 5.60 Å². The number of aryl methyl sites for hydroxylation is 2. The van der Waals surface area contributed by atoms with Crippen molar-refractivity contribution in [3.63, 3.8) is 0 Å². The molecule has 0 atom stereocenters. The quantitative estimate of drug-likeness (QED) is 0.676. The first-order valence-electron chi connectivity index (χ1n) is 7.82. The van der Waals surface area contributed by atoms with Crippen LogP contribution in [-0.2, 0) is 11.3 Å². The van der Waals surface area contributed by atoms with Crippen LogP contribution in [0.25, 0.3) is 10.9 Å². The Morgan fingerprint density at radius 1 is 1.35 bits per heavy atom. The Kier molecular flexibility index (Phi) is 5.08. The molecule has 1 aromatic heterocycles. The van der Waals surface area contributed by atoms with Crippen LogP contribution in [-0.4, -0.2) is 29.1 Å². The standard InChI is InChI=1S/C18H24N2O3/c1-13-11-20(16-7-6-14(12-21)10-15(13)16)9-5-8-19-17(22)23-18(2,3)4/h6-7,10-12H,5,8-9H2,1-4H3,(H,19,22). The fourth-order valence-electron chi connectivity index (χ4n) is 2.51. The molecule has 0 spiro atoms. The average molecular weight is 316 g/mol. The molecule has 124 valence electrons. The van der Waals surface area contributed by atoms with Gasteiger partial charge < -0.3 is 14.6 Å². The van der Waals surface area contributed by atoms with Gasteiger partial charge in [-0.1, -0.05) is 0 Å². The number of benzene rings is 1. The van der Waals surface area contributed by atoms with Crippen molar-refractivity contribution in [1.82, 2.24) is 9.88 Å². The second-order valence-electron chi connectivity index (χ2n) is 6.68. The highest BCUT2D eigenvalue weighted by atomic mass is 16.6. The molecule has 2 rings (SSSR count). The smallest absolute Gasteiger partial charge is 0.407 e. The number of fused-ring (bicyclic) bond motifs is 1. The van der Waals surface area contributed by atoms with Crippen LogP contribution in [0.2, 0.25) is 0 Å². The van der Waals surface area contributed by atoms with Crippen LogP contribution in [0.3, 0.4) is 0 Å². The molecule has 1 amide bonds. The maximum absolute atomic E-state index is 11.6. The van der Waals surface area contributed by atoms with Gasteiger partial charge in [0, 0.05) is 35.8 Å². The zero-order chi connectivity index (χ0) is 17.0. The van der Waals surface area contributed by atoms with Gasteiger partial charge in [-0.25, -0.2) is 4.79 Å². The molecule has 1 aromatic carbocycles. The van der Waals surface area contributed by atoms with Gasteiger partial charge in [0.2, 0.25) is 0 Å². The van der Waals surface area contributed by atoms with Crippen LogP contribution in [0, 0.1) is 6.92 Å². The average Bonchev–Trinajstić information content (AvgIpc) is 2.78. The van der Waals surface area contributed by atoms with Crippen molar-refractivity contribution in [3.8, 4) is 0 Å². The molecule has 0 saturated carbocycles. The predicted molar refractivity (Wildman–Crippen MR) is 90.9 cm³/mol. The lowest BCUT2D eigenvalue weighted by Crippen LogP contribution is -2.33. The molecule has 1 N–H and O–H groups in total. The van der Waals surface area contributed by atoms with Crippen molar-refractivity contribution >= 4 is 23.3 Å². The summed E-state index contributed by atoms with van der Waals surface area (Å²) in [4.78, 5) is 22.5. The van der Waals surface area contributed by atoms with E-state index >= 15 is 0 Å². The number of alkyl carbamates (subject to hydrolysis) is 1. The Labute approximate surface area is 136 Å². The Morgan fingerprint density at radius 2 is 2.09 bits per heavy atom. The van der Waals surface area contributed by atoms with Crippen LogP contribution in [0.4, 0.5) is 4.79 Å². The van der Waals surface area contributed by atoms with Crippen molar-refractivity contribution in [2.45, 2.75) is 46.3 Å². The van der Waals surface area contributed by atoms with E-state index in [0.29, 0.717) is 12.1 Å². The van der Waals surface area contributed by atoms with Gasteiger partial charge in [-0.05, 0) is 57.9 Å². The summed E-state index contributed by atoms with van der Waals surface area (Å²) in [5.41, 5.74) is 2.45. The first kappa shape index (κ1) is 17.1.